The van der Waals surface area contributed by atoms with Crippen LogP contribution >= 0.6 is 0 Å². The van der Waals surface area contributed by atoms with E-state index >= 15 is 0 Å². The third-order valence-electron chi connectivity index (χ3n) is 7.42. The maximum absolute atomic E-state index is 12.6. The second-order valence-electron chi connectivity index (χ2n) is 12.6. The minimum absolute atomic E-state index is 0.0227. The average molecular weight is 710 g/mol. The molecule has 1 aromatic heterocycles. The Balaban J connectivity index is 0.000000324. The van der Waals surface area contributed by atoms with E-state index in [0.29, 0.717) is 31.8 Å². The molecule has 2 aromatic carbocycles. The topological polar surface area (TPSA) is 99.4 Å². The van der Waals surface area contributed by atoms with Crippen molar-refractivity contribution in [2.45, 2.75) is 58.3 Å². The molecule has 2 aliphatic heterocycles. The quantitative estimate of drug-likeness (QED) is 0.257. The van der Waals surface area contributed by atoms with Crippen LogP contribution in [0.1, 0.15) is 51.7 Å². The van der Waals surface area contributed by atoms with Gasteiger partial charge in [-0.25, -0.2) is 9.48 Å². The fourth-order valence-corrected chi connectivity index (χ4v) is 5.23. The van der Waals surface area contributed by atoms with E-state index in [1.54, 1.807) is 4.90 Å². The van der Waals surface area contributed by atoms with Crippen LogP contribution in [-0.2, 0) is 16.1 Å². The molecule has 0 atom stereocenters. The summed E-state index contributed by atoms with van der Waals surface area (Å²) in [4.78, 5) is 26.1. The van der Waals surface area contributed by atoms with Gasteiger partial charge in [0.05, 0.1) is 0 Å². The van der Waals surface area contributed by atoms with Gasteiger partial charge in [0.25, 0.3) is 0 Å². The smallest absolute Gasteiger partial charge is 0.410 e. The molecule has 3 aromatic rings. The summed E-state index contributed by atoms with van der Waals surface area (Å²) in [5.74, 6) is 1.33. The molecule has 1 fully saturated rings. The molecule has 264 valence electrons. The average Bonchev–Trinajstić information content (AvgIpc) is 3.60. The van der Waals surface area contributed by atoms with E-state index in [9.17, 15) is 9.59 Å². The number of benzene rings is 2. The molecule has 54 heavy (non-hydrogen) atoms. The molecule has 9 heteroatoms. The van der Waals surface area contributed by atoms with Crippen LogP contribution in [0.5, 0.6) is 5.75 Å². The maximum atomic E-state index is 12.6. The third kappa shape index (κ3) is 11.8. The molecule has 1 saturated heterocycles. The number of fused-ring (bicyclic) bond motifs is 1. The van der Waals surface area contributed by atoms with Crippen LogP contribution in [0, 0.1) is 0 Å². The van der Waals surface area contributed by atoms with Crippen molar-refractivity contribution in [3.05, 3.63) is 165 Å². The molecular formula is C45H35N5O4. The lowest BCUT2D eigenvalue weighted by Crippen LogP contribution is -2.50. The summed E-state index contributed by atoms with van der Waals surface area (Å²) in [7, 11) is 0. The Morgan fingerprint density at radius 1 is 0.815 bits per heavy atom. The van der Waals surface area contributed by atoms with E-state index in [-0.39, 0.29) is 18.4 Å². The molecule has 3 heterocycles. The molecule has 1 spiro atoms. The summed E-state index contributed by atoms with van der Waals surface area (Å²) < 4.78 is 13.7. The summed E-state index contributed by atoms with van der Waals surface area (Å²) in [5.41, 5.74) is 39.7. The SMILES string of the molecule is C=C=C=C=C=C=C=C=C=C=C=C=C=C=C=C=C.CC(=O)Cn1nnnc1-c1cccc(C2=CC3(CCN(C(=O)OC(C)(C)C)CC3)Oc3ccccc32)c1. The fourth-order valence-electron chi connectivity index (χ4n) is 5.23. The van der Waals surface area contributed by atoms with E-state index in [0.717, 1.165) is 28.0 Å². The van der Waals surface area contributed by atoms with Crippen molar-refractivity contribution in [1.82, 2.24) is 25.1 Å². The van der Waals surface area contributed by atoms with Gasteiger partial charge in [-0.3, -0.25) is 4.79 Å². The number of tetrazole rings is 1. The van der Waals surface area contributed by atoms with Gasteiger partial charge in [-0.15, -0.1) is 5.10 Å². The molecular weight excluding hydrogens is 675 g/mol. The Morgan fingerprint density at radius 2 is 1.37 bits per heavy atom. The first-order chi connectivity index (χ1) is 26.0. The van der Waals surface area contributed by atoms with Gasteiger partial charge in [-0.1, -0.05) is 47.9 Å². The van der Waals surface area contributed by atoms with Gasteiger partial charge in [0.15, 0.2) is 11.6 Å². The predicted molar refractivity (Wildman–Crippen MR) is 202 cm³/mol. The normalized spacial score (nSPS) is 12.5. The Hall–Kier alpha value is -7.57. The Labute approximate surface area is 314 Å². The van der Waals surface area contributed by atoms with Crippen LogP contribution in [0.2, 0.25) is 0 Å². The molecule has 1 amide bonds. The van der Waals surface area contributed by atoms with Crippen LogP contribution in [0.15, 0.2) is 154 Å². The molecule has 0 radical (unpaired) electrons. The molecule has 0 aliphatic carbocycles. The zero-order valence-corrected chi connectivity index (χ0v) is 30.5. The van der Waals surface area contributed by atoms with Crippen LogP contribution < -0.4 is 4.74 Å². The Morgan fingerprint density at radius 3 is 1.93 bits per heavy atom. The molecule has 0 unspecified atom stereocenters. The lowest BCUT2D eigenvalue weighted by Gasteiger charge is -2.43. The largest absolute Gasteiger partial charge is 0.482 e. The van der Waals surface area contributed by atoms with Crippen molar-refractivity contribution in [3.63, 3.8) is 0 Å². The molecule has 2 aliphatic rings. The Bertz CT molecular complexity index is 2480. The number of aromatic nitrogens is 4. The van der Waals surface area contributed by atoms with E-state index < -0.39 is 11.2 Å². The predicted octanol–water partition coefficient (Wildman–Crippen LogP) is 7.65. The standard InChI is InChI=1S/C28H31N5O4.C17H4/c1-19(34)18-33-25(29-30-31-33)21-9-7-8-20(16-21)23-17-28(36-24-11-6-5-10-22(23)24)12-14-32(15-13-28)26(35)37-27(2,3)4;1-3-5-7-9-11-13-15-17-16-14-12-10-8-6-4-2/h5-11,16-17H,12-15,18H2,1-4H3;1-2H2. The number of hydrogen-bond acceptors (Lipinski definition) is 7. The summed E-state index contributed by atoms with van der Waals surface area (Å²) in [6, 6.07) is 16.0. The number of carbonyl (C=O) groups is 2. The van der Waals surface area contributed by atoms with Gasteiger partial charge in [-0.05, 0) is 155 Å². The minimum atomic E-state index is -0.533. The van der Waals surface area contributed by atoms with Crippen LogP contribution in [-0.4, -0.2) is 61.3 Å². The zero-order chi connectivity index (χ0) is 38.8. The number of rotatable bonds is 4. The van der Waals surface area contributed by atoms with Crippen molar-refractivity contribution in [1.29, 1.82) is 0 Å². The van der Waals surface area contributed by atoms with Crippen LogP contribution in [0.4, 0.5) is 4.79 Å². The number of ether oxygens (including phenoxy) is 2. The number of piperidine rings is 1. The highest BCUT2D eigenvalue weighted by molar-refractivity contribution is 5.86. The highest BCUT2D eigenvalue weighted by Gasteiger charge is 2.40. The van der Waals surface area contributed by atoms with E-state index in [1.165, 1.54) is 11.6 Å². The molecule has 5 rings (SSSR count). The van der Waals surface area contributed by atoms with Crippen LogP contribution in [0.25, 0.3) is 17.0 Å². The van der Waals surface area contributed by atoms with E-state index in [1.807, 2.05) is 57.2 Å². The van der Waals surface area contributed by atoms with E-state index in [2.05, 4.69) is 133 Å². The highest BCUT2D eigenvalue weighted by atomic mass is 16.6. The summed E-state index contributed by atoms with van der Waals surface area (Å²) in [6.07, 6.45) is 3.21. The molecule has 0 N–H and O–H groups in total. The van der Waals surface area contributed by atoms with Crippen molar-refractivity contribution < 1.29 is 19.1 Å². The van der Waals surface area contributed by atoms with Gasteiger partial charge >= 0.3 is 6.09 Å². The fraction of sp³-hybridized carbons (Fsp3) is 0.244. The second kappa shape index (κ2) is 19.2. The number of carbonyl (C=O) groups excluding carboxylic acids is 2. The van der Waals surface area contributed by atoms with Crippen molar-refractivity contribution in [3.8, 4) is 17.1 Å². The number of ketones is 1. The zero-order valence-electron chi connectivity index (χ0n) is 30.5. The number of para-hydroxylation sites is 1. The Kier molecular flexibility index (Phi) is 13.9. The third-order valence-corrected chi connectivity index (χ3v) is 7.42. The van der Waals surface area contributed by atoms with Gasteiger partial charge in [0, 0.05) is 37.1 Å². The number of amides is 1. The van der Waals surface area contributed by atoms with Crippen molar-refractivity contribution in [2.24, 2.45) is 0 Å². The summed E-state index contributed by atoms with van der Waals surface area (Å²) in [6.45, 7) is 14.9. The van der Waals surface area contributed by atoms with E-state index in [4.69, 9.17) is 9.47 Å². The summed E-state index contributed by atoms with van der Waals surface area (Å²) in [5, 5.41) is 11.9. The van der Waals surface area contributed by atoms with Gasteiger partial charge in [0.2, 0.25) is 0 Å². The maximum Gasteiger partial charge on any atom is 0.410 e. The lowest BCUT2D eigenvalue weighted by molar-refractivity contribution is -0.117. The lowest BCUT2D eigenvalue weighted by atomic mass is 9.82. The number of Topliss-reactive ketones (excluding diaryl/α,β-unsaturated/α-hetero) is 1. The van der Waals surface area contributed by atoms with Gasteiger partial charge in [0.1, 0.15) is 23.5 Å². The second-order valence-corrected chi connectivity index (χ2v) is 12.6. The van der Waals surface area contributed by atoms with Gasteiger partial charge in [-0.2, -0.15) is 0 Å². The van der Waals surface area contributed by atoms with Crippen LogP contribution in [0.3, 0.4) is 0 Å². The first-order valence-electron chi connectivity index (χ1n) is 16.7. The first-order valence-corrected chi connectivity index (χ1v) is 16.7. The first kappa shape index (κ1) is 39.2. The number of nitrogens with zero attached hydrogens (tertiary/aromatic N) is 5. The van der Waals surface area contributed by atoms with Crippen molar-refractivity contribution >= 4 is 17.4 Å². The minimum Gasteiger partial charge on any atom is -0.482 e. The number of likely N-dealkylation sites (tertiary alicyclic amines) is 1. The van der Waals surface area contributed by atoms with Crippen molar-refractivity contribution in [2.75, 3.05) is 13.1 Å². The molecule has 0 saturated carbocycles. The molecule has 0 bridgehead atoms. The van der Waals surface area contributed by atoms with Gasteiger partial charge < -0.3 is 14.4 Å². The monoisotopic (exact) mass is 709 g/mol. The molecule has 9 nitrogen and oxygen atoms in total. The summed E-state index contributed by atoms with van der Waals surface area (Å²) >= 11 is 0. The highest BCUT2D eigenvalue weighted by Crippen LogP contribution is 2.43. The number of hydrogen-bond donors (Lipinski definition) is 0.